The first-order valence-electron chi connectivity index (χ1n) is 6.48. The molecule has 1 atom stereocenters. The Bertz CT molecular complexity index is 450. The van der Waals surface area contributed by atoms with Gasteiger partial charge in [-0.2, -0.15) is 0 Å². The molecule has 4 N–H and O–H groups in total. The third-order valence-corrected chi connectivity index (χ3v) is 5.15. The van der Waals surface area contributed by atoms with Gasteiger partial charge in [-0.25, -0.2) is 13.1 Å². The summed E-state index contributed by atoms with van der Waals surface area (Å²) in [5.74, 6) is 0.373. The summed E-state index contributed by atoms with van der Waals surface area (Å²) in [6.07, 6.45) is 8.82. The Morgan fingerprint density at radius 1 is 1.39 bits per heavy atom. The second-order valence-corrected chi connectivity index (χ2v) is 6.62. The summed E-state index contributed by atoms with van der Waals surface area (Å²) in [4.78, 5) is 3.03. The van der Waals surface area contributed by atoms with Gasteiger partial charge in [0.2, 0.25) is 10.0 Å². The van der Waals surface area contributed by atoms with E-state index in [1.54, 1.807) is 12.3 Å². The van der Waals surface area contributed by atoms with E-state index in [1.165, 1.54) is 25.5 Å². The van der Waals surface area contributed by atoms with Crippen molar-refractivity contribution in [2.24, 2.45) is 11.7 Å². The Kier molecular flexibility index (Phi) is 4.42. The van der Waals surface area contributed by atoms with Crippen molar-refractivity contribution in [2.45, 2.75) is 43.0 Å². The van der Waals surface area contributed by atoms with Crippen LogP contribution in [-0.2, 0) is 10.0 Å². The maximum Gasteiger partial charge on any atom is 0.242 e. The molecule has 0 aliphatic heterocycles. The van der Waals surface area contributed by atoms with E-state index in [2.05, 4.69) is 9.71 Å². The van der Waals surface area contributed by atoms with E-state index in [1.807, 2.05) is 0 Å². The highest BCUT2D eigenvalue weighted by molar-refractivity contribution is 7.89. The summed E-state index contributed by atoms with van der Waals surface area (Å²) in [7, 11) is -3.44. The van der Waals surface area contributed by atoms with E-state index in [0.717, 1.165) is 12.8 Å². The molecule has 0 radical (unpaired) electrons. The van der Waals surface area contributed by atoms with Crippen LogP contribution in [0.25, 0.3) is 0 Å². The molecule has 1 unspecified atom stereocenters. The molecule has 0 saturated heterocycles. The summed E-state index contributed by atoms with van der Waals surface area (Å²) < 4.78 is 27.0. The van der Waals surface area contributed by atoms with Crippen LogP contribution in [-0.4, -0.2) is 26.0 Å². The molecule has 0 bridgehead atoms. The summed E-state index contributed by atoms with van der Waals surface area (Å²) in [6.45, 7) is 0.355. The summed E-state index contributed by atoms with van der Waals surface area (Å²) in [6, 6.07) is 1.40. The van der Waals surface area contributed by atoms with Crippen LogP contribution in [0.3, 0.4) is 0 Å². The van der Waals surface area contributed by atoms with Crippen LogP contribution in [0.2, 0.25) is 0 Å². The van der Waals surface area contributed by atoms with E-state index >= 15 is 0 Å². The highest BCUT2D eigenvalue weighted by Gasteiger charge is 2.27. The second kappa shape index (κ2) is 5.86. The summed E-state index contributed by atoms with van der Waals surface area (Å²) in [5, 5.41) is 0. The SMILES string of the molecule is NCC(NS(=O)(=O)c1cc[nH]c1)C1CCCCC1. The zero-order chi connectivity index (χ0) is 13.0. The first-order chi connectivity index (χ1) is 8.63. The normalized spacial score (nSPS) is 19.8. The molecule has 6 heteroatoms. The lowest BCUT2D eigenvalue weighted by Gasteiger charge is -2.29. The van der Waals surface area contributed by atoms with E-state index in [4.69, 9.17) is 5.73 Å². The van der Waals surface area contributed by atoms with E-state index in [9.17, 15) is 8.42 Å². The van der Waals surface area contributed by atoms with Crippen molar-refractivity contribution in [3.05, 3.63) is 18.5 Å². The molecule has 2 rings (SSSR count). The molecule has 1 aliphatic rings. The Morgan fingerprint density at radius 2 is 2.11 bits per heavy atom. The fourth-order valence-corrected chi connectivity index (χ4v) is 3.91. The van der Waals surface area contributed by atoms with Crippen LogP contribution in [0.15, 0.2) is 23.4 Å². The monoisotopic (exact) mass is 271 g/mol. The third-order valence-electron chi connectivity index (χ3n) is 3.66. The van der Waals surface area contributed by atoms with Crippen LogP contribution < -0.4 is 10.5 Å². The Morgan fingerprint density at radius 3 is 2.67 bits per heavy atom. The Labute approximate surface area is 108 Å². The van der Waals surface area contributed by atoms with Gasteiger partial charge in [0.05, 0.1) is 4.90 Å². The van der Waals surface area contributed by atoms with Crippen molar-refractivity contribution in [3.8, 4) is 0 Å². The van der Waals surface area contributed by atoms with Crippen molar-refractivity contribution in [2.75, 3.05) is 6.54 Å². The maximum absolute atomic E-state index is 12.1. The average Bonchev–Trinajstić information content (AvgIpc) is 2.92. The number of aromatic amines is 1. The molecule has 1 aromatic rings. The molecular formula is C12H21N3O2S. The van der Waals surface area contributed by atoms with Gasteiger partial charge in [0.1, 0.15) is 0 Å². The van der Waals surface area contributed by atoms with Crippen LogP contribution in [0, 0.1) is 5.92 Å². The number of hydrogen-bond donors (Lipinski definition) is 3. The highest BCUT2D eigenvalue weighted by atomic mass is 32.2. The smallest absolute Gasteiger partial charge is 0.242 e. The molecule has 102 valence electrons. The standard InChI is InChI=1S/C12H21N3O2S/c13-8-12(10-4-2-1-3-5-10)15-18(16,17)11-6-7-14-9-11/h6-7,9-10,12,14-15H,1-5,8,13H2. The fourth-order valence-electron chi connectivity index (χ4n) is 2.62. The van der Waals surface area contributed by atoms with Crippen LogP contribution in [0.5, 0.6) is 0 Å². The lowest BCUT2D eigenvalue weighted by molar-refractivity contribution is 0.294. The molecule has 5 nitrogen and oxygen atoms in total. The topological polar surface area (TPSA) is 88.0 Å². The third kappa shape index (κ3) is 3.13. The molecule has 1 heterocycles. The molecule has 1 aromatic heterocycles. The van der Waals surface area contributed by atoms with E-state index in [0.29, 0.717) is 12.5 Å². The van der Waals surface area contributed by atoms with Gasteiger partial charge in [0.25, 0.3) is 0 Å². The molecule has 1 fully saturated rings. The minimum Gasteiger partial charge on any atom is -0.366 e. The lowest BCUT2D eigenvalue weighted by Crippen LogP contribution is -2.45. The maximum atomic E-state index is 12.1. The predicted octanol–water partition coefficient (Wildman–Crippen LogP) is 1.20. The lowest BCUT2D eigenvalue weighted by atomic mass is 9.84. The van der Waals surface area contributed by atoms with Crippen LogP contribution >= 0.6 is 0 Å². The van der Waals surface area contributed by atoms with E-state index < -0.39 is 10.0 Å². The Balaban J connectivity index is 2.06. The molecule has 1 aliphatic carbocycles. The minimum absolute atomic E-state index is 0.148. The van der Waals surface area contributed by atoms with Gasteiger partial charge in [-0.05, 0) is 24.8 Å². The molecule has 0 amide bonds. The van der Waals surface area contributed by atoms with Gasteiger partial charge in [0.15, 0.2) is 0 Å². The largest absolute Gasteiger partial charge is 0.366 e. The van der Waals surface area contributed by atoms with Crippen LogP contribution in [0.1, 0.15) is 32.1 Å². The Hall–Kier alpha value is -0.850. The van der Waals surface area contributed by atoms with Gasteiger partial charge in [0, 0.05) is 25.0 Å². The van der Waals surface area contributed by atoms with Crippen molar-refractivity contribution in [1.29, 1.82) is 0 Å². The number of sulfonamides is 1. The van der Waals surface area contributed by atoms with Crippen LogP contribution in [0.4, 0.5) is 0 Å². The zero-order valence-electron chi connectivity index (χ0n) is 10.4. The predicted molar refractivity (Wildman–Crippen MR) is 70.5 cm³/mol. The van der Waals surface area contributed by atoms with Crippen molar-refractivity contribution in [3.63, 3.8) is 0 Å². The average molecular weight is 271 g/mol. The van der Waals surface area contributed by atoms with Gasteiger partial charge >= 0.3 is 0 Å². The molecule has 0 spiro atoms. The molecular weight excluding hydrogens is 250 g/mol. The molecule has 18 heavy (non-hydrogen) atoms. The quantitative estimate of drug-likeness (QED) is 0.752. The van der Waals surface area contributed by atoms with Gasteiger partial charge in [-0.3, -0.25) is 0 Å². The van der Waals surface area contributed by atoms with Gasteiger partial charge in [-0.1, -0.05) is 19.3 Å². The molecule has 0 aromatic carbocycles. The van der Waals surface area contributed by atoms with Crippen molar-refractivity contribution >= 4 is 10.0 Å². The summed E-state index contributed by atoms with van der Waals surface area (Å²) >= 11 is 0. The van der Waals surface area contributed by atoms with E-state index in [-0.39, 0.29) is 10.9 Å². The minimum atomic E-state index is -3.44. The number of H-pyrrole nitrogens is 1. The summed E-state index contributed by atoms with van der Waals surface area (Å²) in [5.41, 5.74) is 5.73. The number of hydrogen-bond acceptors (Lipinski definition) is 3. The highest BCUT2D eigenvalue weighted by Crippen LogP contribution is 2.26. The first-order valence-corrected chi connectivity index (χ1v) is 7.97. The molecule has 1 saturated carbocycles. The van der Waals surface area contributed by atoms with Gasteiger partial charge < -0.3 is 10.7 Å². The van der Waals surface area contributed by atoms with Gasteiger partial charge in [-0.15, -0.1) is 0 Å². The number of nitrogens with two attached hydrogens (primary N) is 1. The van der Waals surface area contributed by atoms with Crippen molar-refractivity contribution < 1.29 is 8.42 Å². The first kappa shape index (κ1) is 13.6. The second-order valence-electron chi connectivity index (χ2n) is 4.91. The van der Waals surface area contributed by atoms with Crippen molar-refractivity contribution in [1.82, 2.24) is 9.71 Å². The number of aromatic nitrogens is 1. The number of rotatable bonds is 5. The fraction of sp³-hybridized carbons (Fsp3) is 0.667. The number of nitrogens with one attached hydrogen (secondary N) is 2. The zero-order valence-corrected chi connectivity index (χ0v) is 11.2.